The van der Waals surface area contributed by atoms with Crippen molar-refractivity contribution in [1.82, 2.24) is 36.8 Å². The van der Waals surface area contributed by atoms with E-state index in [9.17, 15) is 58.2 Å². The molecule has 8 amide bonds. The zero-order valence-corrected chi connectivity index (χ0v) is 43.8. The van der Waals surface area contributed by atoms with Gasteiger partial charge in [-0.1, -0.05) is 24.6 Å². The first-order valence-electron chi connectivity index (χ1n) is 25.8. The van der Waals surface area contributed by atoms with Crippen molar-refractivity contribution in [3.63, 3.8) is 0 Å². The minimum atomic E-state index is -1.57. The van der Waals surface area contributed by atoms with Gasteiger partial charge >= 0.3 is 5.97 Å². The van der Waals surface area contributed by atoms with E-state index in [-0.39, 0.29) is 101 Å². The van der Waals surface area contributed by atoms with Crippen LogP contribution >= 0.6 is 0 Å². The number of amides is 8. The summed E-state index contributed by atoms with van der Waals surface area (Å²) >= 11 is 0. The van der Waals surface area contributed by atoms with Crippen molar-refractivity contribution in [1.29, 1.82) is 0 Å². The molecule has 1 heterocycles. The number of likely N-dealkylation sites (tertiary alicyclic amines) is 1. The average Bonchev–Trinajstić information content (AvgIpc) is 3.89. The fourth-order valence-corrected chi connectivity index (χ4v) is 8.19. The van der Waals surface area contributed by atoms with E-state index < -0.39 is 120 Å². The number of primary amides is 1. The van der Waals surface area contributed by atoms with Gasteiger partial charge in [0.25, 0.3) is 0 Å². The van der Waals surface area contributed by atoms with Crippen LogP contribution in [0, 0.1) is 0 Å². The van der Waals surface area contributed by atoms with E-state index >= 15 is 0 Å². The molecule has 8 atom stereocenters. The summed E-state index contributed by atoms with van der Waals surface area (Å²) in [5.41, 5.74) is 45.2. The number of nitrogens with one attached hydrogen (secondary N) is 6. The van der Waals surface area contributed by atoms with Crippen LogP contribution in [0.4, 0.5) is 0 Å². The number of nitrogens with two attached hydrogens (primary N) is 8. The Hall–Kier alpha value is -7.11. The zero-order valence-electron chi connectivity index (χ0n) is 43.8. The van der Waals surface area contributed by atoms with Crippen LogP contribution in [0.3, 0.4) is 0 Å². The molecule has 0 spiro atoms. The van der Waals surface area contributed by atoms with Crippen LogP contribution in [-0.4, -0.2) is 174 Å². The number of rotatable bonds is 37. The first kappa shape index (κ1) is 66.0. The Morgan fingerprint density at radius 1 is 0.766 bits per heavy atom. The van der Waals surface area contributed by atoms with Gasteiger partial charge in [-0.2, -0.15) is 0 Å². The number of benzene rings is 1. The smallest absolute Gasteiger partial charge is 0.331 e. The van der Waals surface area contributed by atoms with Gasteiger partial charge in [0.05, 0.1) is 24.7 Å². The molecule has 430 valence electrons. The van der Waals surface area contributed by atoms with E-state index in [4.69, 9.17) is 45.9 Å². The third-order valence-corrected chi connectivity index (χ3v) is 12.5. The number of carboxylic acid groups (broad SMARTS) is 1. The summed E-state index contributed by atoms with van der Waals surface area (Å²) in [6, 6.07) is -2.76. The lowest BCUT2D eigenvalue weighted by atomic mass is 9.97. The van der Waals surface area contributed by atoms with Crippen LogP contribution in [0.1, 0.15) is 106 Å². The Morgan fingerprint density at radius 3 is 2.05 bits per heavy atom. The largest absolute Gasteiger partial charge is 0.478 e. The number of carbonyl (C=O) groups is 10. The maximum Gasteiger partial charge on any atom is 0.331 e. The summed E-state index contributed by atoms with van der Waals surface area (Å²) < 4.78 is 0. The second kappa shape index (κ2) is 35.3. The summed E-state index contributed by atoms with van der Waals surface area (Å²) in [6.45, 7) is 1.21. The minimum absolute atomic E-state index is 0.0299. The fraction of sp³-hybridized carbons (Fsp3) is 0.612. The van der Waals surface area contributed by atoms with Crippen molar-refractivity contribution in [2.45, 2.75) is 145 Å². The number of carboxylic acids is 1. The topological polar surface area (TPSA) is 507 Å². The highest BCUT2D eigenvalue weighted by Gasteiger charge is 2.39. The van der Waals surface area contributed by atoms with Crippen molar-refractivity contribution in [3.05, 3.63) is 47.0 Å². The molecule has 1 aromatic rings. The van der Waals surface area contributed by atoms with E-state index in [0.717, 1.165) is 0 Å². The van der Waals surface area contributed by atoms with Crippen LogP contribution in [0.2, 0.25) is 0 Å². The molecule has 1 saturated heterocycles. The molecule has 0 radical (unpaired) electrons. The molecular formula is C49H82N16O12. The van der Waals surface area contributed by atoms with Gasteiger partial charge in [0.15, 0.2) is 11.7 Å². The lowest BCUT2D eigenvalue weighted by molar-refractivity contribution is -0.142. The molecule has 24 N–H and O–H groups in total. The number of aliphatic hydroxyl groups excluding tert-OH is 1. The maximum absolute atomic E-state index is 14.3. The predicted octanol–water partition coefficient (Wildman–Crippen LogP) is -5.45. The Labute approximate surface area is 447 Å². The van der Waals surface area contributed by atoms with Crippen LogP contribution in [0.5, 0.6) is 0 Å². The van der Waals surface area contributed by atoms with E-state index in [2.05, 4.69) is 36.9 Å². The summed E-state index contributed by atoms with van der Waals surface area (Å²) in [5, 5.41) is 35.4. The van der Waals surface area contributed by atoms with Crippen molar-refractivity contribution in [3.8, 4) is 0 Å². The number of aliphatic carboxylic acids is 1. The number of aliphatic imine (C=N–C) groups is 1. The molecule has 1 aliphatic rings. The molecular weight excluding hydrogens is 1000 g/mol. The Balaban J connectivity index is 2.29. The monoisotopic (exact) mass is 1090 g/mol. The number of hydrogen-bond donors (Lipinski definition) is 16. The van der Waals surface area contributed by atoms with Gasteiger partial charge in [-0.3, -0.25) is 48.1 Å². The first-order chi connectivity index (χ1) is 36.6. The number of aliphatic hydroxyl groups is 1. The second-order valence-electron chi connectivity index (χ2n) is 18.6. The molecule has 2 rings (SSSR count). The van der Waals surface area contributed by atoms with Crippen LogP contribution in [-0.2, 0) is 49.6 Å². The maximum atomic E-state index is 14.3. The van der Waals surface area contributed by atoms with Gasteiger partial charge in [-0.15, -0.1) is 0 Å². The number of ketones is 1. The fourth-order valence-electron chi connectivity index (χ4n) is 8.19. The van der Waals surface area contributed by atoms with Gasteiger partial charge < -0.3 is 92.9 Å². The molecule has 0 unspecified atom stereocenters. The quantitative estimate of drug-likeness (QED) is 0.0128. The number of nitrogens with zero attached hydrogens (tertiary/aromatic N) is 2. The van der Waals surface area contributed by atoms with Crippen molar-refractivity contribution in [2.75, 3.05) is 45.8 Å². The second-order valence-corrected chi connectivity index (χ2v) is 18.6. The Kier molecular flexibility index (Phi) is 30.2. The lowest BCUT2D eigenvalue weighted by Crippen LogP contribution is -2.60. The highest BCUT2D eigenvalue weighted by Crippen LogP contribution is 2.21. The SMILES string of the molecule is C[C@H](NC(=O)[C@@H](NC(=O)[C@@H](N)CCCCN)[C@@H](O)CN)C(=O)NCC(=O)N[C@H](CCCN)C(=O)N1CCC[C@H]1C(=O)N[C@@H](Cc1cccc(C(N)=O)c1)C(=O)N[C@@H](CCCCN)C(=O)CC/C(=C\CCN=C(N)N)C(=O)O. The normalized spacial score (nSPS) is 16.0. The molecule has 0 aromatic heterocycles. The number of guanidine groups is 1. The molecule has 0 aliphatic carbocycles. The molecule has 77 heavy (non-hydrogen) atoms. The van der Waals surface area contributed by atoms with E-state index in [1.54, 1.807) is 6.07 Å². The number of carbonyl (C=O) groups excluding carboxylic acids is 9. The molecule has 28 nitrogen and oxygen atoms in total. The van der Waals surface area contributed by atoms with E-state index in [1.807, 2.05) is 0 Å². The Bertz CT molecular complexity index is 2230. The molecule has 1 aromatic carbocycles. The summed E-state index contributed by atoms with van der Waals surface area (Å²) in [6.07, 6.45) is 2.64. The summed E-state index contributed by atoms with van der Waals surface area (Å²) in [5.74, 6) is -8.21. The molecule has 1 fully saturated rings. The number of Topliss-reactive ketones (excluding diaryl/α,β-unsaturated/α-hetero) is 1. The van der Waals surface area contributed by atoms with Crippen molar-refractivity contribution in [2.24, 2.45) is 50.9 Å². The summed E-state index contributed by atoms with van der Waals surface area (Å²) in [7, 11) is 0. The van der Waals surface area contributed by atoms with Crippen LogP contribution < -0.4 is 77.8 Å². The van der Waals surface area contributed by atoms with Gasteiger partial charge in [-0.05, 0) is 115 Å². The molecule has 1 aliphatic heterocycles. The summed E-state index contributed by atoms with van der Waals surface area (Å²) in [4.78, 5) is 138. The molecule has 0 bridgehead atoms. The van der Waals surface area contributed by atoms with E-state index in [1.165, 1.54) is 36.1 Å². The van der Waals surface area contributed by atoms with Crippen molar-refractivity contribution < 1.29 is 58.2 Å². The van der Waals surface area contributed by atoms with Gasteiger partial charge in [-0.25, -0.2) is 4.79 Å². The van der Waals surface area contributed by atoms with Gasteiger partial charge in [0.2, 0.25) is 47.3 Å². The lowest BCUT2D eigenvalue weighted by Gasteiger charge is -2.30. The Morgan fingerprint density at radius 2 is 1.43 bits per heavy atom. The number of unbranched alkanes of at least 4 members (excludes halogenated alkanes) is 2. The third kappa shape index (κ3) is 23.8. The predicted molar refractivity (Wildman–Crippen MR) is 284 cm³/mol. The average molecular weight is 1090 g/mol. The van der Waals surface area contributed by atoms with Crippen LogP contribution in [0.25, 0.3) is 0 Å². The highest BCUT2D eigenvalue weighted by molar-refractivity contribution is 5.98. The highest BCUT2D eigenvalue weighted by atomic mass is 16.4. The van der Waals surface area contributed by atoms with Crippen molar-refractivity contribution >= 4 is 65.0 Å². The number of hydrogen-bond acceptors (Lipinski definition) is 17. The minimum Gasteiger partial charge on any atom is -0.478 e. The molecule has 28 heteroatoms. The van der Waals surface area contributed by atoms with Crippen LogP contribution in [0.15, 0.2) is 40.9 Å². The third-order valence-electron chi connectivity index (χ3n) is 12.5. The zero-order chi connectivity index (χ0) is 57.6. The standard InChI is InChI=1S/C49H82N16O12/c1-28(60-46(74)40(38(67)26-53)64-43(71)32(54)13-2-4-19-50)42(70)59-27-39(68)61-34(15-7-21-52)47(75)65-23-9-16-36(65)45(73)63-35(25-29-10-6-11-31(24-29)41(55)69)44(72)62-33(14-3-5-20-51)37(66)18-17-30(48(76)77)12-8-22-58-49(56)57/h6,10-12,24,28,32-36,38,40,67H,2-5,7-9,13-23,25-27,50-54H2,1H3,(H2,55,69)(H,59,70)(H,60,74)(H,61,68)(H,62,72)(H,63,73)(H,64,71)(H,76,77)(H4,56,57,58)/b30-12+/t28-,32-,33-,34+,35-,36-,38-,40-/m0/s1. The van der Waals surface area contributed by atoms with Gasteiger partial charge in [0.1, 0.15) is 30.2 Å². The molecule has 0 saturated carbocycles. The van der Waals surface area contributed by atoms with E-state index in [0.29, 0.717) is 44.2 Å². The first-order valence-corrected chi connectivity index (χ1v) is 25.8. The van der Waals surface area contributed by atoms with Gasteiger partial charge in [0, 0.05) is 43.6 Å².